The summed E-state index contributed by atoms with van der Waals surface area (Å²) in [7, 11) is 0. The number of benzene rings is 2. The highest BCUT2D eigenvalue weighted by molar-refractivity contribution is 5.84. The molecular formula is C27H34N2O6. The first-order valence-corrected chi connectivity index (χ1v) is 12.0. The van der Waals surface area contributed by atoms with Gasteiger partial charge in [0, 0.05) is 18.9 Å². The number of carbonyl (C=O) groups is 3. The van der Waals surface area contributed by atoms with Crippen LogP contribution in [0, 0.1) is 11.8 Å². The molecule has 0 fully saturated rings. The van der Waals surface area contributed by atoms with E-state index in [1.807, 2.05) is 38.1 Å². The van der Waals surface area contributed by atoms with Crippen molar-refractivity contribution in [3.8, 4) is 11.1 Å². The lowest BCUT2D eigenvalue weighted by Crippen LogP contribution is -2.48. The number of carbonyl (C=O) groups excluding carboxylic acids is 2. The van der Waals surface area contributed by atoms with Gasteiger partial charge in [0.2, 0.25) is 5.91 Å². The molecule has 0 saturated heterocycles. The second-order valence-electron chi connectivity index (χ2n) is 9.53. The molecule has 0 aromatic heterocycles. The Labute approximate surface area is 205 Å². The van der Waals surface area contributed by atoms with Gasteiger partial charge in [-0.3, -0.25) is 4.79 Å². The standard InChI is InChI=1S/C27H34N2O6/c1-16(2)12-18(13-24(31)29-25(17(3)30)26(32)33)14-28-27(34)35-15-23-21-10-6-4-8-19(21)20-9-5-7-11-22(20)23/h4-11,16-18,23,25,30H,12-15H2,1-3H3,(H,28,34)(H,29,31)(H,32,33)/t17-,18?,25+/m1/s1. The van der Waals surface area contributed by atoms with Crippen molar-refractivity contribution in [2.75, 3.05) is 13.2 Å². The number of ether oxygens (including phenoxy) is 1. The molecule has 2 aromatic rings. The minimum absolute atomic E-state index is 0.0261. The zero-order valence-electron chi connectivity index (χ0n) is 20.4. The Morgan fingerprint density at radius 2 is 1.54 bits per heavy atom. The van der Waals surface area contributed by atoms with E-state index in [9.17, 15) is 24.6 Å². The highest BCUT2D eigenvalue weighted by atomic mass is 16.5. The van der Waals surface area contributed by atoms with Gasteiger partial charge in [0.1, 0.15) is 6.61 Å². The van der Waals surface area contributed by atoms with Crippen LogP contribution in [0.4, 0.5) is 4.79 Å². The molecule has 3 rings (SSSR count). The third kappa shape index (κ3) is 6.82. The Balaban J connectivity index is 1.56. The van der Waals surface area contributed by atoms with Gasteiger partial charge in [0.25, 0.3) is 0 Å². The van der Waals surface area contributed by atoms with E-state index in [0.29, 0.717) is 6.42 Å². The number of aliphatic hydroxyl groups excluding tert-OH is 1. The van der Waals surface area contributed by atoms with Crippen molar-refractivity contribution in [1.82, 2.24) is 10.6 Å². The monoisotopic (exact) mass is 482 g/mol. The molecule has 0 aliphatic heterocycles. The highest BCUT2D eigenvalue weighted by Gasteiger charge is 2.29. The van der Waals surface area contributed by atoms with Crippen LogP contribution in [0.5, 0.6) is 0 Å². The Morgan fingerprint density at radius 3 is 2.06 bits per heavy atom. The Morgan fingerprint density at radius 1 is 0.971 bits per heavy atom. The molecule has 4 N–H and O–H groups in total. The first kappa shape index (κ1) is 26.2. The maximum Gasteiger partial charge on any atom is 0.407 e. The predicted molar refractivity (Wildman–Crippen MR) is 132 cm³/mol. The lowest BCUT2D eigenvalue weighted by atomic mass is 9.93. The number of nitrogens with one attached hydrogen (secondary N) is 2. The Hall–Kier alpha value is -3.39. The van der Waals surface area contributed by atoms with Crippen LogP contribution < -0.4 is 10.6 Å². The molecule has 0 bridgehead atoms. The first-order chi connectivity index (χ1) is 16.7. The van der Waals surface area contributed by atoms with Crippen LogP contribution in [-0.4, -0.2) is 53.5 Å². The van der Waals surface area contributed by atoms with E-state index in [-0.39, 0.29) is 37.3 Å². The summed E-state index contributed by atoms with van der Waals surface area (Å²) >= 11 is 0. The van der Waals surface area contributed by atoms with Crippen molar-refractivity contribution in [2.24, 2.45) is 11.8 Å². The number of aliphatic hydroxyl groups is 1. The second kappa shape index (κ2) is 11.8. The summed E-state index contributed by atoms with van der Waals surface area (Å²) < 4.78 is 5.57. The number of hydrogen-bond donors (Lipinski definition) is 4. The van der Waals surface area contributed by atoms with Crippen molar-refractivity contribution < 1.29 is 29.3 Å². The number of hydrogen-bond acceptors (Lipinski definition) is 5. The van der Waals surface area contributed by atoms with Crippen molar-refractivity contribution in [2.45, 2.75) is 51.7 Å². The summed E-state index contributed by atoms with van der Waals surface area (Å²) in [6.45, 7) is 5.74. The summed E-state index contributed by atoms with van der Waals surface area (Å²) in [4.78, 5) is 36.2. The van der Waals surface area contributed by atoms with E-state index in [2.05, 4.69) is 34.9 Å². The van der Waals surface area contributed by atoms with Crippen molar-refractivity contribution >= 4 is 18.0 Å². The molecule has 0 radical (unpaired) electrons. The summed E-state index contributed by atoms with van der Waals surface area (Å²) in [5.41, 5.74) is 4.55. The lowest BCUT2D eigenvalue weighted by molar-refractivity contribution is -0.144. The third-order valence-electron chi connectivity index (χ3n) is 6.22. The maximum absolute atomic E-state index is 12.5. The molecule has 0 heterocycles. The number of carboxylic acid groups (broad SMARTS) is 1. The number of aliphatic carboxylic acids is 1. The smallest absolute Gasteiger partial charge is 0.407 e. The van der Waals surface area contributed by atoms with Crippen LogP contribution in [0.1, 0.15) is 50.7 Å². The second-order valence-corrected chi connectivity index (χ2v) is 9.53. The summed E-state index contributed by atoms with van der Waals surface area (Å²) in [5.74, 6) is -1.77. The number of rotatable bonds is 11. The molecule has 188 valence electrons. The van der Waals surface area contributed by atoms with Gasteiger partial charge in [-0.15, -0.1) is 0 Å². The number of fused-ring (bicyclic) bond motifs is 3. The molecule has 8 heteroatoms. The Kier molecular flexibility index (Phi) is 8.87. The molecule has 0 spiro atoms. The molecule has 1 aliphatic rings. The molecule has 35 heavy (non-hydrogen) atoms. The van der Waals surface area contributed by atoms with E-state index < -0.39 is 30.1 Å². The van der Waals surface area contributed by atoms with Gasteiger partial charge >= 0.3 is 12.1 Å². The zero-order valence-corrected chi connectivity index (χ0v) is 20.4. The van der Waals surface area contributed by atoms with Gasteiger partial charge in [-0.2, -0.15) is 0 Å². The lowest BCUT2D eigenvalue weighted by Gasteiger charge is -2.22. The fourth-order valence-corrected chi connectivity index (χ4v) is 4.67. The molecule has 2 aromatic carbocycles. The largest absolute Gasteiger partial charge is 0.480 e. The predicted octanol–water partition coefficient (Wildman–Crippen LogP) is 3.53. The van der Waals surface area contributed by atoms with Crippen molar-refractivity contribution in [1.29, 1.82) is 0 Å². The van der Waals surface area contributed by atoms with Gasteiger partial charge in [0.15, 0.2) is 6.04 Å². The van der Waals surface area contributed by atoms with E-state index >= 15 is 0 Å². The summed E-state index contributed by atoms with van der Waals surface area (Å²) in [5, 5.41) is 23.9. The van der Waals surface area contributed by atoms with Crippen LogP contribution >= 0.6 is 0 Å². The van der Waals surface area contributed by atoms with E-state index in [4.69, 9.17) is 4.74 Å². The summed E-state index contributed by atoms with van der Waals surface area (Å²) in [6, 6.07) is 14.8. The van der Waals surface area contributed by atoms with Crippen LogP contribution in [-0.2, 0) is 14.3 Å². The van der Waals surface area contributed by atoms with Crippen LogP contribution in [0.25, 0.3) is 11.1 Å². The molecule has 2 amide bonds. The molecular weight excluding hydrogens is 448 g/mol. The molecule has 1 aliphatic carbocycles. The number of amides is 2. The fraction of sp³-hybridized carbons (Fsp3) is 0.444. The van der Waals surface area contributed by atoms with Crippen molar-refractivity contribution in [3.05, 3.63) is 59.7 Å². The van der Waals surface area contributed by atoms with Gasteiger partial charge in [0.05, 0.1) is 6.10 Å². The quantitative estimate of drug-likeness (QED) is 0.388. The first-order valence-electron chi connectivity index (χ1n) is 12.0. The fourth-order valence-electron chi connectivity index (χ4n) is 4.67. The SMILES string of the molecule is CC(C)CC(CNC(=O)OCC1c2ccccc2-c2ccccc21)CC(=O)N[C@H](C(=O)O)[C@@H](C)O. The highest BCUT2D eigenvalue weighted by Crippen LogP contribution is 2.44. The van der Waals surface area contributed by atoms with Gasteiger partial charge in [-0.25, -0.2) is 9.59 Å². The van der Waals surface area contributed by atoms with Gasteiger partial charge in [-0.05, 0) is 47.4 Å². The van der Waals surface area contributed by atoms with Crippen LogP contribution in [0.15, 0.2) is 48.5 Å². The Bertz CT molecular complexity index is 1010. The van der Waals surface area contributed by atoms with E-state index in [1.165, 1.54) is 6.92 Å². The maximum atomic E-state index is 12.5. The van der Waals surface area contributed by atoms with Crippen LogP contribution in [0.3, 0.4) is 0 Å². The van der Waals surface area contributed by atoms with E-state index in [0.717, 1.165) is 22.3 Å². The third-order valence-corrected chi connectivity index (χ3v) is 6.22. The van der Waals surface area contributed by atoms with Crippen LogP contribution in [0.2, 0.25) is 0 Å². The molecule has 1 unspecified atom stereocenters. The number of carboxylic acids is 1. The molecule has 0 saturated carbocycles. The topological polar surface area (TPSA) is 125 Å². The molecule has 8 nitrogen and oxygen atoms in total. The average Bonchev–Trinajstić information content (AvgIpc) is 3.12. The zero-order chi connectivity index (χ0) is 25.5. The van der Waals surface area contributed by atoms with Gasteiger partial charge in [-0.1, -0.05) is 62.4 Å². The average molecular weight is 483 g/mol. The normalized spacial score (nSPS) is 15.0. The van der Waals surface area contributed by atoms with Crippen molar-refractivity contribution in [3.63, 3.8) is 0 Å². The minimum atomic E-state index is -1.38. The molecule has 3 atom stereocenters. The minimum Gasteiger partial charge on any atom is -0.480 e. The number of alkyl carbamates (subject to hydrolysis) is 1. The van der Waals surface area contributed by atoms with Gasteiger partial charge < -0.3 is 25.6 Å². The summed E-state index contributed by atoms with van der Waals surface area (Å²) in [6.07, 6.45) is -1.10. The van der Waals surface area contributed by atoms with E-state index in [1.54, 1.807) is 0 Å².